The number of likely N-dealkylation sites (tertiary alicyclic amines) is 1. The van der Waals surface area contributed by atoms with Crippen molar-refractivity contribution >= 4 is 5.91 Å². The molecule has 0 aliphatic carbocycles. The van der Waals surface area contributed by atoms with Crippen molar-refractivity contribution in [1.82, 2.24) is 24.8 Å². The van der Waals surface area contributed by atoms with Gasteiger partial charge < -0.3 is 14.6 Å². The molecule has 8 heteroatoms. The minimum Gasteiger partial charge on any atom is -0.378 e. The molecule has 0 saturated carbocycles. The first-order valence-electron chi connectivity index (χ1n) is 11.8. The van der Waals surface area contributed by atoms with Gasteiger partial charge in [-0.3, -0.25) is 19.5 Å². The van der Waals surface area contributed by atoms with Gasteiger partial charge in [-0.15, -0.1) is 0 Å². The van der Waals surface area contributed by atoms with Crippen LogP contribution in [0.1, 0.15) is 60.7 Å². The largest absolute Gasteiger partial charge is 0.378 e. The molecule has 2 aromatic rings. The lowest BCUT2D eigenvalue weighted by Gasteiger charge is -2.28. The van der Waals surface area contributed by atoms with Crippen LogP contribution in [-0.4, -0.2) is 63.0 Å². The van der Waals surface area contributed by atoms with E-state index in [1.807, 2.05) is 17.2 Å². The topological polar surface area (TPSA) is 91.4 Å². The van der Waals surface area contributed by atoms with E-state index in [-0.39, 0.29) is 23.5 Å². The molecule has 2 fully saturated rings. The first kappa shape index (κ1) is 21.3. The van der Waals surface area contributed by atoms with Crippen LogP contribution in [0.4, 0.5) is 0 Å². The van der Waals surface area contributed by atoms with Gasteiger partial charge in [0.15, 0.2) is 0 Å². The Balaban J connectivity index is 1.22. The Bertz CT molecular complexity index is 1000. The number of fused-ring (bicyclic) bond motifs is 1. The highest BCUT2D eigenvalue weighted by Gasteiger charge is 2.31. The summed E-state index contributed by atoms with van der Waals surface area (Å²) in [6, 6.07) is 4.02. The molecule has 5 heterocycles. The van der Waals surface area contributed by atoms with Crippen LogP contribution < -0.4 is 5.56 Å². The summed E-state index contributed by atoms with van der Waals surface area (Å²) in [6.45, 7) is 4.48. The molecule has 0 spiro atoms. The van der Waals surface area contributed by atoms with E-state index in [0.717, 1.165) is 74.6 Å². The molecule has 3 aliphatic rings. The van der Waals surface area contributed by atoms with Crippen molar-refractivity contribution < 1.29 is 9.53 Å². The number of pyridine rings is 1. The highest BCUT2D eigenvalue weighted by Crippen LogP contribution is 2.27. The number of ether oxygens (including phenoxy) is 1. The van der Waals surface area contributed by atoms with Crippen LogP contribution in [0.3, 0.4) is 0 Å². The van der Waals surface area contributed by atoms with Gasteiger partial charge in [0.05, 0.1) is 11.8 Å². The molecule has 2 atom stereocenters. The average molecular weight is 438 g/mol. The predicted octanol–water partition coefficient (Wildman–Crippen LogP) is 2.00. The number of hydrogen-bond donors (Lipinski definition) is 1. The van der Waals surface area contributed by atoms with Gasteiger partial charge in [-0.1, -0.05) is 6.07 Å². The number of H-pyrrole nitrogens is 1. The lowest BCUT2D eigenvalue weighted by molar-refractivity contribution is -0.130. The molecule has 5 rings (SSSR count). The number of hydrogen-bond acceptors (Lipinski definition) is 6. The van der Waals surface area contributed by atoms with E-state index < -0.39 is 0 Å². The molecule has 2 aromatic heterocycles. The zero-order valence-electron chi connectivity index (χ0n) is 18.5. The molecule has 3 aliphatic heterocycles. The normalized spacial score (nSPS) is 23.4. The second-order valence-electron chi connectivity index (χ2n) is 9.20. The summed E-state index contributed by atoms with van der Waals surface area (Å²) >= 11 is 0. The fourth-order valence-electron chi connectivity index (χ4n) is 5.12. The summed E-state index contributed by atoms with van der Waals surface area (Å²) in [5.41, 5.74) is 2.82. The van der Waals surface area contributed by atoms with Crippen molar-refractivity contribution in [2.75, 3.05) is 26.2 Å². The van der Waals surface area contributed by atoms with E-state index in [4.69, 9.17) is 9.72 Å². The molecule has 0 aromatic carbocycles. The van der Waals surface area contributed by atoms with Crippen molar-refractivity contribution in [2.24, 2.45) is 0 Å². The van der Waals surface area contributed by atoms with Crippen LogP contribution in [0.15, 0.2) is 29.3 Å². The third-order valence-corrected chi connectivity index (χ3v) is 6.93. The van der Waals surface area contributed by atoms with Crippen molar-refractivity contribution in [3.8, 4) is 0 Å². The van der Waals surface area contributed by atoms with Gasteiger partial charge in [0, 0.05) is 69.6 Å². The third kappa shape index (κ3) is 4.76. The molecule has 0 unspecified atom stereocenters. The summed E-state index contributed by atoms with van der Waals surface area (Å²) in [5.74, 6) is 1.01. The molecular weight excluding hydrogens is 406 g/mol. The Morgan fingerprint density at radius 3 is 3.03 bits per heavy atom. The van der Waals surface area contributed by atoms with Crippen LogP contribution in [-0.2, 0) is 29.0 Å². The molecule has 1 N–H and O–H groups in total. The number of carbonyl (C=O) groups is 1. The number of carbonyl (C=O) groups excluding carboxylic acids is 1. The maximum atomic E-state index is 12.8. The maximum Gasteiger partial charge on any atom is 0.254 e. The van der Waals surface area contributed by atoms with Crippen molar-refractivity contribution in [1.29, 1.82) is 0 Å². The fourth-order valence-corrected chi connectivity index (χ4v) is 5.12. The number of aromatic amines is 1. The minimum atomic E-state index is -0.0193. The Hall–Kier alpha value is -2.58. The summed E-state index contributed by atoms with van der Waals surface area (Å²) in [5, 5.41) is 0. The Morgan fingerprint density at radius 1 is 1.28 bits per heavy atom. The quantitative estimate of drug-likeness (QED) is 0.743. The average Bonchev–Trinajstić information content (AvgIpc) is 3.50. The SMILES string of the molecule is O=C(CC[C@@H]1CCCO1)N1CC[C@@H](c2nc3c(c(=O)[nH]2)CCN(Cc2cccnc2)C3)C1. The molecule has 1 amide bonds. The molecule has 8 nitrogen and oxygen atoms in total. The third-order valence-electron chi connectivity index (χ3n) is 6.93. The van der Waals surface area contributed by atoms with Gasteiger partial charge in [0.2, 0.25) is 5.91 Å². The van der Waals surface area contributed by atoms with Gasteiger partial charge in [0.1, 0.15) is 5.82 Å². The second kappa shape index (κ2) is 9.50. The van der Waals surface area contributed by atoms with Crippen molar-refractivity contribution in [3.63, 3.8) is 0 Å². The lowest BCUT2D eigenvalue weighted by Crippen LogP contribution is -2.36. The first-order chi connectivity index (χ1) is 15.7. The highest BCUT2D eigenvalue weighted by atomic mass is 16.5. The summed E-state index contributed by atoms with van der Waals surface area (Å²) in [6.07, 6.45) is 8.95. The van der Waals surface area contributed by atoms with Crippen LogP contribution in [0.5, 0.6) is 0 Å². The van der Waals surface area contributed by atoms with E-state index in [0.29, 0.717) is 25.9 Å². The van der Waals surface area contributed by atoms with Crippen LogP contribution in [0.25, 0.3) is 0 Å². The molecule has 32 heavy (non-hydrogen) atoms. The van der Waals surface area contributed by atoms with E-state index in [2.05, 4.69) is 20.9 Å². The standard InChI is InChI=1S/C24H31N5O3/c30-22(6-5-19-4-2-12-32-19)29-11-7-18(15-29)23-26-21-16-28(10-8-20(21)24(31)27-23)14-17-3-1-9-25-13-17/h1,3,9,13,18-19H,2,4-8,10-12,14-16H2,(H,26,27,31)/t18-,19+/m1/s1. The van der Waals surface area contributed by atoms with Gasteiger partial charge in [-0.2, -0.15) is 0 Å². The second-order valence-corrected chi connectivity index (χ2v) is 9.20. The minimum absolute atomic E-state index is 0.0193. The number of nitrogens with one attached hydrogen (secondary N) is 1. The van der Waals surface area contributed by atoms with E-state index in [1.165, 1.54) is 0 Å². The van der Waals surface area contributed by atoms with Crippen molar-refractivity contribution in [3.05, 3.63) is 57.5 Å². The smallest absolute Gasteiger partial charge is 0.254 e. The summed E-state index contributed by atoms with van der Waals surface area (Å²) in [7, 11) is 0. The first-order valence-corrected chi connectivity index (χ1v) is 11.8. The van der Waals surface area contributed by atoms with Crippen LogP contribution in [0, 0.1) is 0 Å². The van der Waals surface area contributed by atoms with E-state index in [9.17, 15) is 9.59 Å². The summed E-state index contributed by atoms with van der Waals surface area (Å²) < 4.78 is 5.64. The fraction of sp³-hybridized carbons (Fsp3) is 0.583. The van der Waals surface area contributed by atoms with E-state index >= 15 is 0 Å². The zero-order valence-corrected chi connectivity index (χ0v) is 18.5. The Morgan fingerprint density at radius 2 is 2.22 bits per heavy atom. The van der Waals surface area contributed by atoms with Gasteiger partial charge in [0.25, 0.3) is 5.56 Å². The molecule has 2 saturated heterocycles. The number of rotatable bonds is 6. The van der Waals surface area contributed by atoms with Gasteiger partial charge >= 0.3 is 0 Å². The number of amides is 1. The summed E-state index contributed by atoms with van der Waals surface area (Å²) in [4.78, 5) is 41.7. The van der Waals surface area contributed by atoms with Gasteiger partial charge in [-0.05, 0) is 43.7 Å². The van der Waals surface area contributed by atoms with Crippen LogP contribution >= 0.6 is 0 Å². The zero-order chi connectivity index (χ0) is 21.9. The lowest BCUT2D eigenvalue weighted by atomic mass is 10.0. The number of aromatic nitrogens is 3. The highest BCUT2D eigenvalue weighted by molar-refractivity contribution is 5.76. The molecule has 0 bridgehead atoms. The molecule has 0 radical (unpaired) electrons. The predicted molar refractivity (Wildman–Crippen MR) is 119 cm³/mol. The van der Waals surface area contributed by atoms with E-state index in [1.54, 1.807) is 6.20 Å². The maximum absolute atomic E-state index is 12.8. The van der Waals surface area contributed by atoms with Gasteiger partial charge in [-0.25, -0.2) is 4.98 Å². The number of nitrogens with zero attached hydrogens (tertiary/aromatic N) is 4. The Kier molecular flexibility index (Phi) is 6.32. The monoisotopic (exact) mass is 437 g/mol. The van der Waals surface area contributed by atoms with Crippen molar-refractivity contribution in [2.45, 2.75) is 63.6 Å². The Labute approximate surface area is 188 Å². The van der Waals surface area contributed by atoms with Crippen LogP contribution in [0.2, 0.25) is 0 Å². The molecule has 170 valence electrons. The molecular formula is C24H31N5O3.